The first kappa shape index (κ1) is 17.5. The summed E-state index contributed by atoms with van der Waals surface area (Å²) in [4.78, 5) is 6.79. The Morgan fingerprint density at radius 3 is 2.85 bits per heavy atom. The molecule has 8 nitrogen and oxygen atoms in total. The second kappa shape index (κ2) is 6.35. The molecule has 27 heavy (non-hydrogen) atoms. The summed E-state index contributed by atoms with van der Waals surface area (Å²) in [6, 6.07) is 6.58. The molecule has 1 N–H and O–H groups in total. The van der Waals surface area contributed by atoms with Crippen molar-refractivity contribution in [1.29, 1.82) is 5.26 Å². The van der Waals surface area contributed by atoms with Gasteiger partial charge in [-0.1, -0.05) is 0 Å². The SMILES string of the molecule is Cc1cc(-c2ncc3c(C(C)(C)C#N)cc(N4CCOCC4C)nn23)[nH]n1. The number of aryl methyl sites for hydroxylation is 1. The van der Waals surface area contributed by atoms with E-state index in [2.05, 4.69) is 33.1 Å². The standard InChI is InChI=1S/C19H23N7O/c1-12-7-15(23-22-12)18-21-9-16-14(19(3,4)11-20)8-17(24-26(16)18)25-5-6-27-10-13(25)2/h7-9,13H,5-6,10H2,1-4H3,(H,22,23). The van der Waals surface area contributed by atoms with Crippen molar-refractivity contribution in [3.8, 4) is 17.6 Å². The minimum atomic E-state index is -0.671. The molecule has 1 saturated heterocycles. The van der Waals surface area contributed by atoms with Crippen molar-refractivity contribution in [2.75, 3.05) is 24.7 Å². The highest BCUT2D eigenvalue weighted by atomic mass is 16.5. The average molecular weight is 365 g/mol. The summed E-state index contributed by atoms with van der Waals surface area (Å²) in [5, 5.41) is 21.8. The van der Waals surface area contributed by atoms with Crippen LogP contribution in [0.4, 0.5) is 5.82 Å². The highest BCUT2D eigenvalue weighted by molar-refractivity contribution is 5.67. The van der Waals surface area contributed by atoms with Crippen molar-refractivity contribution in [3.63, 3.8) is 0 Å². The molecule has 1 atom stereocenters. The summed E-state index contributed by atoms with van der Waals surface area (Å²) in [5.74, 6) is 1.51. The molecule has 8 heteroatoms. The molecule has 0 aromatic carbocycles. The van der Waals surface area contributed by atoms with Crippen LogP contribution in [0.2, 0.25) is 0 Å². The summed E-state index contributed by atoms with van der Waals surface area (Å²) in [6.07, 6.45) is 1.78. The molecular weight excluding hydrogens is 342 g/mol. The lowest BCUT2D eigenvalue weighted by atomic mass is 9.86. The van der Waals surface area contributed by atoms with Crippen LogP contribution in [0.5, 0.6) is 0 Å². The van der Waals surface area contributed by atoms with Crippen molar-refractivity contribution in [2.45, 2.75) is 39.2 Å². The van der Waals surface area contributed by atoms with E-state index in [-0.39, 0.29) is 6.04 Å². The topological polar surface area (TPSA) is 95.1 Å². The van der Waals surface area contributed by atoms with Crippen molar-refractivity contribution in [3.05, 3.63) is 29.6 Å². The van der Waals surface area contributed by atoms with Gasteiger partial charge in [-0.2, -0.15) is 10.4 Å². The van der Waals surface area contributed by atoms with Crippen LogP contribution in [0.3, 0.4) is 0 Å². The Hall–Kier alpha value is -2.92. The van der Waals surface area contributed by atoms with Crippen LogP contribution in [0.1, 0.15) is 32.0 Å². The molecule has 4 heterocycles. The number of ether oxygens (including phenoxy) is 1. The fraction of sp³-hybridized carbons (Fsp3) is 0.474. The first-order valence-electron chi connectivity index (χ1n) is 9.08. The van der Waals surface area contributed by atoms with Gasteiger partial charge >= 0.3 is 0 Å². The molecule has 0 aliphatic carbocycles. The van der Waals surface area contributed by atoms with Gasteiger partial charge in [0.25, 0.3) is 0 Å². The highest BCUT2D eigenvalue weighted by Crippen LogP contribution is 2.32. The molecule has 4 rings (SSSR count). The van der Waals surface area contributed by atoms with Crippen LogP contribution < -0.4 is 4.90 Å². The fourth-order valence-corrected chi connectivity index (χ4v) is 3.45. The number of nitrogens with zero attached hydrogens (tertiary/aromatic N) is 6. The lowest BCUT2D eigenvalue weighted by molar-refractivity contribution is 0.0984. The summed E-state index contributed by atoms with van der Waals surface area (Å²) in [6.45, 7) is 9.97. The zero-order valence-electron chi connectivity index (χ0n) is 16.0. The van der Waals surface area contributed by atoms with E-state index < -0.39 is 5.41 Å². The van der Waals surface area contributed by atoms with E-state index in [0.717, 1.165) is 34.8 Å². The third-order valence-electron chi connectivity index (χ3n) is 5.05. The number of nitrogens with one attached hydrogen (secondary N) is 1. The Labute approximate surface area is 157 Å². The molecule has 0 radical (unpaired) electrons. The number of H-pyrrole nitrogens is 1. The van der Waals surface area contributed by atoms with Crippen LogP contribution in [0.15, 0.2) is 18.3 Å². The van der Waals surface area contributed by atoms with E-state index in [0.29, 0.717) is 19.0 Å². The number of aromatic nitrogens is 5. The van der Waals surface area contributed by atoms with E-state index in [9.17, 15) is 5.26 Å². The number of rotatable bonds is 3. The number of morpholine rings is 1. The zero-order valence-corrected chi connectivity index (χ0v) is 16.0. The maximum atomic E-state index is 9.74. The van der Waals surface area contributed by atoms with Crippen LogP contribution in [-0.2, 0) is 10.2 Å². The van der Waals surface area contributed by atoms with Gasteiger partial charge in [0.1, 0.15) is 11.5 Å². The van der Waals surface area contributed by atoms with E-state index in [4.69, 9.17) is 9.84 Å². The van der Waals surface area contributed by atoms with E-state index >= 15 is 0 Å². The van der Waals surface area contributed by atoms with Crippen LogP contribution in [0, 0.1) is 18.3 Å². The first-order valence-corrected chi connectivity index (χ1v) is 9.08. The van der Waals surface area contributed by atoms with Crippen molar-refractivity contribution in [1.82, 2.24) is 24.8 Å². The Bertz CT molecular complexity index is 1030. The van der Waals surface area contributed by atoms with Gasteiger partial charge in [0.2, 0.25) is 0 Å². The molecule has 0 amide bonds. The van der Waals surface area contributed by atoms with Crippen molar-refractivity contribution in [2.24, 2.45) is 0 Å². The Morgan fingerprint density at radius 1 is 1.37 bits per heavy atom. The number of hydrogen-bond acceptors (Lipinski definition) is 6. The van der Waals surface area contributed by atoms with Crippen molar-refractivity contribution < 1.29 is 4.74 Å². The molecule has 1 aliphatic rings. The maximum absolute atomic E-state index is 9.74. The minimum absolute atomic E-state index is 0.211. The molecule has 140 valence electrons. The largest absolute Gasteiger partial charge is 0.377 e. The van der Waals surface area contributed by atoms with Gasteiger partial charge < -0.3 is 9.64 Å². The lowest BCUT2D eigenvalue weighted by Crippen LogP contribution is -2.44. The monoisotopic (exact) mass is 365 g/mol. The van der Waals surface area contributed by atoms with Crippen molar-refractivity contribution >= 4 is 11.3 Å². The van der Waals surface area contributed by atoms with Gasteiger partial charge in [0, 0.05) is 12.1 Å². The van der Waals surface area contributed by atoms with Gasteiger partial charge in [0.15, 0.2) is 5.82 Å². The normalized spacial score (nSPS) is 18.0. The molecular formula is C19H23N7O. The quantitative estimate of drug-likeness (QED) is 0.766. The second-order valence-electron chi connectivity index (χ2n) is 7.57. The average Bonchev–Trinajstić information content (AvgIpc) is 3.27. The van der Waals surface area contributed by atoms with Crippen LogP contribution in [0.25, 0.3) is 17.0 Å². The highest BCUT2D eigenvalue weighted by Gasteiger charge is 2.29. The summed E-state index contributed by atoms with van der Waals surface area (Å²) >= 11 is 0. The molecule has 1 fully saturated rings. The molecule has 1 unspecified atom stereocenters. The zero-order chi connectivity index (χ0) is 19.2. The summed E-state index contributed by atoms with van der Waals surface area (Å²) in [7, 11) is 0. The lowest BCUT2D eigenvalue weighted by Gasteiger charge is -2.34. The molecule has 1 aliphatic heterocycles. The molecule has 3 aromatic rings. The third-order valence-corrected chi connectivity index (χ3v) is 5.05. The third kappa shape index (κ3) is 2.94. The maximum Gasteiger partial charge on any atom is 0.179 e. The Kier molecular flexibility index (Phi) is 4.12. The second-order valence-corrected chi connectivity index (χ2v) is 7.57. The molecule has 0 bridgehead atoms. The number of imidazole rings is 1. The van der Waals surface area contributed by atoms with Gasteiger partial charge in [0.05, 0.1) is 48.1 Å². The fourth-order valence-electron chi connectivity index (χ4n) is 3.45. The Balaban J connectivity index is 1.95. The number of aromatic amines is 1. The van der Waals surface area contributed by atoms with Gasteiger partial charge in [-0.25, -0.2) is 9.50 Å². The van der Waals surface area contributed by atoms with Crippen LogP contribution >= 0.6 is 0 Å². The molecule has 0 saturated carbocycles. The summed E-state index contributed by atoms with van der Waals surface area (Å²) in [5.41, 5.74) is 2.75. The number of nitriles is 1. The molecule has 3 aromatic heterocycles. The molecule has 0 spiro atoms. The smallest absolute Gasteiger partial charge is 0.179 e. The summed E-state index contributed by atoms with van der Waals surface area (Å²) < 4.78 is 7.38. The first-order chi connectivity index (χ1) is 12.9. The Morgan fingerprint density at radius 2 is 2.19 bits per heavy atom. The predicted molar refractivity (Wildman–Crippen MR) is 102 cm³/mol. The number of anilines is 1. The number of hydrogen-bond donors (Lipinski definition) is 1. The van der Waals surface area contributed by atoms with E-state index in [1.165, 1.54) is 0 Å². The van der Waals surface area contributed by atoms with Gasteiger partial charge in [-0.15, -0.1) is 5.10 Å². The van der Waals surface area contributed by atoms with Crippen LogP contribution in [-0.4, -0.2) is 50.6 Å². The van der Waals surface area contributed by atoms with Gasteiger partial charge in [-0.3, -0.25) is 5.10 Å². The van der Waals surface area contributed by atoms with E-state index in [1.54, 1.807) is 6.20 Å². The van der Waals surface area contributed by atoms with Gasteiger partial charge in [-0.05, 0) is 39.8 Å². The predicted octanol–water partition coefficient (Wildman–Crippen LogP) is 2.45. The minimum Gasteiger partial charge on any atom is -0.377 e. The number of fused-ring (bicyclic) bond motifs is 1. The van der Waals surface area contributed by atoms with E-state index in [1.807, 2.05) is 37.4 Å².